The van der Waals surface area contributed by atoms with E-state index in [-0.39, 0.29) is 6.10 Å². The normalized spacial score (nSPS) is 34.7. The minimum absolute atomic E-state index is 0.131. The molecule has 2 aliphatic rings. The Labute approximate surface area is 85.8 Å². The molecule has 3 heteroatoms. The van der Waals surface area contributed by atoms with Crippen molar-refractivity contribution in [3.63, 3.8) is 0 Å². The number of methoxy groups -OCH3 is 1. The molecule has 0 radical (unpaired) electrons. The summed E-state index contributed by atoms with van der Waals surface area (Å²) in [4.78, 5) is 0. The van der Waals surface area contributed by atoms with Crippen LogP contribution in [0, 0.1) is 5.92 Å². The molecule has 0 aliphatic heterocycles. The molecule has 14 heavy (non-hydrogen) atoms. The molecule has 2 fully saturated rings. The molecule has 0 aromatic rings. The predicted octanol–water partition coefficient (Wildman–Crippen LogP) is 0.914. The van der Waals surface area contributed by atoms with Gasteiger partial charge in [-0.3, -0.25) is 0 Å². The molecule has 0 aromatic heterocycles. The molecule has 2 saturated carbocycles. The van der Waals surface area contributed by atoms with Gasteiger partial charge in [-0.25, -0.2) is 0 Å². The molecule has 3 atom stereocenters. The highest BCUT2D eigenvalue weighted by Gasteiger charge is 2.35. The van der Waals surface area contributed by atoms with Gasteiger partial charge in [-0.05, 0) is 38.0 Å². The van der Waals surface area contributed by atoms with E-state index in [1.165, 1.54) is 12.8 Å². The lowest BCUT2D eigenvalue weighted by atomic mass is 10.1. The number of hydrogen-bond acceptors (Lipinski definition) is 3. The summed E-state index contributed by atoms with van der Waals surface area (Å²) in [7, 11) is 1.75. The van der Waals surface area contributed by atoms with E-state index < -0.39 is 0 Å². The molecule has 0 heterocycles. The van der Waals surface area contributed by atoms with Gasteiger partial charge in [-0.1, -0.05) is 0 Å². The van der Waals surface area contributed by atoms with E-state index in [4.69, 9.17) is 4.74 Å². The van der Waals surface area contributed by atoms with E-state index >= 15 is 0 Å². The Bertz CT molecular complexity index is 182. The maximum atomic E-state index is 9.70. The standard InChI is InChI=1S/C11H21NO2/c1-14-7-10(8-5-6-8)12-9-3-2-4-11(9)13/h8-13H,2-7H2,1H3. The molecule has 2 aliphatic carbocycles. The van der Waals surface area contributed by atoms with Crippen LogP contribution in [-0.2, 0) is 4.74 Å². The molecule has 3 unspecified atom stereocenters. The lowest BCUT2D eigenvalue weighted by molar-refractivity contribution is 0.112. The van der Waals surface area contributed by atoms with Gasteiger partial charge < -0.3 is 15.2 Å². The third kappa shape index (κ3) is 2.47. The zero-order valence-corrected chi connectivity index (χ0v) is 8.91. The highest BCUT2D eigenvalue weighted by molar-refractivity contribution is 4.92. The molecule has 0 spiro atoms. The number of hydrogen-bond donors (Lipinski definition) is 2. The van der Waals surface area contributed by atoms with Gasteiger partial charge in [0.05, 0.1) is 12.7 Å². The molecule has 0 saturated heterocycles. The zero-order valence-electron chi connectivity index (χ0n) is 8.91. The van der Waals surface area contributed by atoms with Gasteiger partial charge >= 0.3 is 0 Å². The van der Waals surface area contributed by atoms with E-state index in [2.05, 4.69) is 5.32 Å². The van der Waals surface area contributed by atoms with Crippen molar-refractivity contribution in [1.82, 2.24) is 5.32 Å². The number of rotatable bonds is 5. The fourth-order valence-corrected chi connectivity index (χ4v) is 2.41. The topological polar surface area (TPSA) is 41.5 Å². The van der Waals surface area contributed by atoms with Crippen LogP contribution in [0.4, 0.5) is 0 Å². The summed E-state index contributed by atoms with van der Waals surface area (Å²) in [6.07, 6.45) is 5.75. The average Bonchev–Trinajstić information content (AvgIpc) is 2.93. The van der Waals surface area contributed by atoms with Crippen molar-refractivity contribution in [1.29, 1.82) is 0 Å². The smallest absolute Gasteiger partial charge is 0.0693 e. The van der Waals surface area contributed by atoms with E-state index in [0.717, 1.165) is 31.8 Å². The van der Waals surface area contributed by atoms with Crippen LogP contribution in [-0.4, -0.2) is 37.0 Å². The van der Waals surface area contributed by atoms with Crippen LogP contribution in [0.15, 0.2) is 0 Å². The largest absolute Gasteiger partial charge is 0.392 e. The maximum Gasteiger partial charge on any atom is 0.0693 e. The minimum atomic E-state index is -0.131. The summed E-state index contributed by atoms with van der Waals surface area (Å²) in [6, 6.07) is 0.786. The highest BCUT2D eigenvalue weighted by Crippen LogP contribution is 2.33. The van der Waals surface area contributed by atoms with Crippen molar-refractivity contribution < 1.29 is 9.84 Å². The van der Waals surface area contributed by atoms with Crippen molar-refractivity contribution in [2.45, 2.75) is 50.3 Å². The quantitative estimate of drug-likeness (QED) is 0.691. The molecule has 3 nitrogen and oxygen atoms in total. The second-order valence-corrected chi connectivity index (χ2v) is 4.67. The average molecular weight is 199 g/mol. The van der Waals surface area contributed by atoms with Crippen molar-refractivity contribution >= 4 is 0 Å². The molecule has 82 valence electrons. The summed E-state index contributed by atoms with van der Waals surface area (Å²) in [5.74, 6) is 0.794. The van der Waals surface area contributed by atoms with Crippen LogP contribution in [0.1, 0.15) is 32.1 Å². The van der Waals surface area contributed by atoms with Gasteiger partial charge in [0, 0.05) is 19.2 Å². The molecule has 0 amide bonds. The van der Waals surface area contributed by atoms with E-state index in [1.807, 2.05) is 0 Å². The van der Waals surface area contributed by atoms with Crippen LogP contribution >= 0.6 is 0 Å². The summed E-state index contributed by atoms with van der Waals surface area (Å²) >= 11 is 0. The number of ether oxygens (including phenoxy) is 1. The Morgan fingerprint density at radius 1 is 1.36 bits per heavy atom. The lowest BCUT2D eigenvalue weighted by Crippen LogP contribution is -2.45. The first kappa shape index (κ1) is 10.4. The number of aliphatic hydroxyl groups excluding tert-OH is 1. The van der Waals surface area contributed by atoms with Crippen LogP contribution < -0.4 is 5.32 Å². The fraction of sp³-hybridized carbons (Fsp3) is 1.00. The van der Waals surface area contributed by atoms with Gasteiger partial charge in [-0.15, -0.1) is 0 Å². The third-order valence-electron chi connectivity index (χ3n) is 3.44. The van der Waals surface area contributed by atoms with Crippen LogP contribution in [0.3, 0.4) is 0 Å². The Kier molecular flexibility index (Phi) is 3.42. The molecular weight excluding hydrogens is 178 g/mol. The van der Waals surface area contributed by atoms with Crippen molar-refractivity contribution in [3.8, 4) is 0 Å². The van der Waals surface area contributed by atoms with Crippen LogP contribution in [0.25, 0.3) is 0 Å². The molecule has 2 N–H and O–H groups in total. The number of aliphatic hydroxyl groups is 1. The van der Waals surface area contributed by atoms with Crippen molar-refractivity contribution in [3.05, 3.63) is 0 Å². The first-order chi connectivity index (χ1) is 6.81. The first-order valence-electron chi connectivity index (χ1n) is 5.74. The van der Waals surface area contributed by atoms with E-state index in [0.29, 0.717) is 12.1 Å². The van der Waals surface area contributed by atoms with Gasteiger partial charge in [-0.2, -0.15) is 0 Å². The van der Waals surface area contributed by atoms with Crippen LogP contribution in [0.2, 0.25) is 0 Å². The van der Waals surface area contributed by atoms with Gasteiger partial charge in [0.1, 0.15) is 0 Å². The van der Waals surface area contributed by atoms with E-state index in [9.17, 15) is 5.11 Å². The zero-order chi connectivity index (χ0) is 9.97. The summed E-state index contributed by atoms with van der Waals surface area (Å²) in [5.41, 5.74) is 0. The van der Waals surface area contributed by atoms with E-state index in [1.54, 1.807) is 7.11 Å². The molecular formula is C11H21NO2. The number of nitrogens with one attached hydrogen (secondary N) is 1. The Morgan fingerprint density at radius 2 is 2.14 bits per heavy atom. The lowest BCUT2D eigenvalue weighted by Gasteiger charge is -2.24. The second kappa shape index (κ2) is 4.60. The summed E-state index contributed by atoms with van der Waals surface area (Å²) < 4.78 is 5.21. The van der Waals surface area contributed by atoms with Gasteiger partial charge in [0.15, 0.2) is 0 Å². The third-order valence-corrected chi connectivity index (χ3v) is 3.44. The second-order valence-electron chi connectivity index (χ2n) is 4.67. The highest BCUT2D eigenvalue weighted by atomic mass is 16.5. The molecule has 0 aromatic carbocycles. The Morgan fingerprint density at radius 3 is 2.64 bits per heavy atom. The Balaban J connectivity index is 1.80. The SMILES string of the molecule is COCC(NC1CCCC1O)C1CC1. The van der Waals surface area contributed by atoms with Gasteiger partial charge in [0.2, 0.25) is 0 Å². The minimum Gasteiger partial charge on any atom is -0.392 e. The van der Waals surface area contributed by atoms with Crippen LogP contribution in [0.5, 0.6) is 0 Å². The monoisotopic (exact) mass is 199 g/mol. The van der Waals surface area contributed by atoms with Crippen molar-refractivity contribution in [2.75, 3.05) is 13.7 Å². The summed E-state index contributed by atoms with van der Waals surface area (Å²) in [5, 5.41) is 13.3. The first-order valence-corrected chi connectivity index (χ1v) is 5.74. The van der Waals surface area contributed by atoms with Gasteiger partial charge in [0.25, 0.3) is 0 Å². The maximum absolute atomic E-state index is 9.70. The van der Waals surface area contributed by atoms with Crippen molar-refractivity contribution in [2.24, 2.45) is 5.92 Å². The molecule has 0 bridgehead atoms. The molecule has 2 rings (SSSR count). The predicted molar refractivity (Wildman–Crippen MR) is 55.2 cm³/mol. The Hall–Kier alpha value is -0.120. The summed E-state index contributed by atoms with van der Waals surface area (Å²) in [6.45, 7) is 0.786. The fourth-order valence-electron chi connectivity index (χ4n) is 2.41.